The maximum Gasteiger partial charge on any atom is 0.141 e. The van der Waals surface area contributed by atoms with Crippen molar-refractivity contribution in [2.24, 2.45) is 0 Å². The molecule has 0 aliphatic heterocycles. The van der Waals surface area contributed by atoms with Gasteiger partial charge in [0.2, 0.25) is 0 Å². The third-order valence-corrected chi connectivity index (χ3v) is 4.67. The molecule has 2 heterocycles. The molecule has 3 aromatic carbocycles. The van der Waals surface area contributed by atoms with Crippen molar-refractivity contribution in [3.05, 3.63) is 97.5 Å². The molecule has 0 spiro atoms. The van der Waals surface area contributed by atoms with Crippen molar-refractivity contribution < 1.29 is 4.74 Å². The first-order valence-corrected chi connectivity index (χ1v) is 9.10. The summed E-state index contributed by atoms with van der Waals surface area (Å²) >= 11 is 0. The lowest BCUT2D eigenvalue weighted by Gasteiger charge is -2.11. The van der Waals surface area contributed by atoms with E-state index in [1.54, 1.807) is 6.33 Å². The first-order valence-electron chi connectivity index (χ1n) is 9.10. The lowest BCUT2D eigenvalue weighted by Crippen LogP contribution is -1.90. The van der Waals surface area contributed by atoms with Crippen LogP contribution in [0.4, 0.5) is 0 Å². The standard InChI is InChI=1S/C24H17N3O/c1-3-9-17(10-4-1)23-22-20(15-25-24(22)27-16-26-23)19-13-7-8-14-21(19)28-18-11-5-2-6-12-18/h1-16H,(H,25,26,27). The van der Waals surface area contributed by atoms with Gasteiger partial charge in [-0.2, -0.15) is 0 Å². The highest BCUT2D eigenvalue weighted by atomic mass is 16.5. The summed E-state index contributed by atoms with van der Waals surface area (Å²) in [6.07, 6.45) is 3.57. The van der Waals surface area contributed by atoms with Crippen LogP contribution in [0.5, 0.6) is 11.5 Å². The van der Waals surface area contributed by atoms with E-state index >= 15 is 0 Å². The number of hydrogen-bond donors (Lipinski definition) is 1. The second kappa shape index (κ2) is 7.00. The van der Waals surface area contributed by atoms with Gasteiger partial charge < -0.3 is 9.72 Å². The Balaban J connectivity index is 1.69. The fourth-order valence-electron chi connectivity index (χ4n) is 3.38. The number of hydrogen-bond acceptors (Lipinski definition) is 3. The fourth-order valence-corrected chi connectivity index (χ4v) is 3.38. The van der Waals surface area contributed by atoms with Gasteiger partial charge in [0.15, 0.2) is 0 Å². The summed E-state index contributed by atoms with van der Waals surface area (Å²) in [5.41, 5.74) is 4.76. The summed E-state index contributed by atoms with van der Waals surface area (Å²) < 4.78 is 6.17. The molecule has 0 aliphatic carbocycles. The molecule has 0 bridgehead atoms. The van der Waals surface area contributed by atoms with Crippen LogP contribution in [-0.2, 0) is 0 Å². The minimum absolute atomic E-state index is 0.789. The molecule has 0 saturated carbocycles. The van der Waals surface area contributed by atoms with Gasteiger partial charge in [-0.1, -0.05) is 66.7 Å². The molecule has 0 amide bonds. The molecule has 1 N–H and O–H groups in total. The van der Waals surface area contributed by atoms with Crippen LogP contribution in [0.15, 0.2) is 97.5 Å². The minimum Gasteiger partial charge on any atom is -0.457 e. The topological polar surface area (TPSA) is 50.8 Å². The highest BCUT2D eigenvalue weighted by molar-refractivity contribution is 6.03. The molecule has 134 valence electrons. The molecule has 0 unspecified atom stereocenters. The predicted octanol–water partition coefficient (Wildman–Crippen LogP) is 6.08. The monoisotopic (exact) mass is 363 g/mol. The summed E-state index contributed by atoms with van der Waals surface area (Å²) in [7, 11) is 0. The van der Waals surface area contributed by atoms with Crippen LogP contribution < -0.4 is 4.74 Å². The van der Waals surface area contributed by atoms with Crippen molar-refractivity contribution in [2.75, 3.05) is 0 Å². The summed E-state index contributed by atoms with van der Waals surface area (Å²) in [5, 5.41) is 0.984. The van der Waals surface area contributed by atoms with Crippen LogP contribution in [0.2, 0.25) is 0 Å². The summed E-state index contributed by atoms with van der Waals surface area (Å²) in [4.78, 5) is 12.3. The van der Waals surface area contributed by atoms with Crippen LogP contribution in [0.25, 0.3) is 33.4 Å². The smallest absolute Gasteiger partial charge is 0.141 e. The Morgan fingerprint density at radius 3 is 2.21 bits per heavy atom. The van der Waals surface area contributed by atoms with E-state index in [0.29, 0.717) is 0 Å². The van der Waals surface area contributed by atoms with Crippen molar-refractivity contribution in [2.45, 2.75) is 0 Å². The molecule has 4 heteroatoms. The number of fused-ring (bicyclic) bond motifs is 1. The first-order chi connectivity index (χ1) is 13.9. The number of ether oxygens (including phenoxy) is 1. The number of H-pyrrole nitrogens is 1. The molecular formula is C24H17N3O. The zero-order valence-corrected chi connectivity index (χ0v) is 15.0. The van der Waals surface area contributed by atoms with Gasteiger partial charge in [0.25, 0.3) is 0 Å². The van der Waals surface area contributed by atoms with E-state index in [9.17, 15) is 0 Å². The van der Waals surface area contributed by atoms with Gasteiger partial charge in [0.1, 0.15) is 23.5 Å². The lowest BCUT2D eigenvalue weighted by molar-refractivity contribution is 0.484. The second-order valence-electron chi connectivity index (χ2n) is 6.43. The molecule has 0 aliphatic rings. The van der Waals surface area contributed by atoms with Crippen LogP contribution in [0, 0.1) is 0 Å². The van der Waals surface area contributed by atoms with Gasteiger partial charge >= 0.3 is 0 Å². The Morgan fingerprint density at radius 2 is 1.39 bits per heavy atom. The second-order valence-corrected chi connectivity index (χ2v) is 6.43. The lowest BCUT2D eigenvalue weighted by atomic mass is 10.0. The molecule has 0 atom stereocenters. The number of aromatic amines is 1. The van der Waals surface area contributed by atoms with Crippen LogP contribution in [0.1, 0.15) is 0 Å². The molecule has 0 fully saturated rings. The zero-order chi connectivity index (χ0) is 18.8. The van der Waals surface area contributed by atoms with Gasteiger partial charge in [-0.25, -0.2) is 9.97 Å². The number of nitrogens with zero attached hydrogens (tertiary/aromatic N) is 2. The maximum absolute atomic E-state index is 6.17. The molecule has 4 nitrogen and oxygen atoms in total. The van der Waals surface area contributed by atoms with Gasteiger partial charge in [0.05, 0.1) is 11.1 Å². The minimum atomic E-state index is 0.789. The Morgan fingerprint density at radius 1 is 0.679 bits per heavy atom. The highest BCUT2D eigenvalue weighted by Crippen LogP contribution is 2.39. The molecule has 0 radical (unpaired) electrons. The van der Waals surface area contributed by atoms with E-state index in [-0.39, 0.29) is 0 Å². The van der Waals surface area contributed by atoms with Crippen molar-refractivity contribution in [3.63, 3.8) is 0 Å². The summed E-state index contributed by atoms with van der Waals surface area (Å²) in [6, 6.07) is 28.0. The van der Waals surface area contributed by atoms with E-state index in [4.69, 9.17) is 4.74 Å². The number of benzene rings is 3. The van der Waals surface area contributed by atoms with Crippen LogP contribution in [0.3, 0.4) is 0 Å². The first kappa shape index (κ1) is 16.3. The van der Waals surface area contributed by atoms with E-state index in [1.165, 1.54) is 0 Å². The molecule has 5 rings (SSSR count). The number of rotatable bonds is 4. The average molecular weight is 363 g/mol. The Kier molecular flexibility index (Phi) is 4.07. The Hall–Kier alpha value is -3.92. The van der Waals surface area contributed by atoms with Crippen LogP contribution in [-0.4, -0.2) is 15.0 Å². The quantitative estimate of drug-likeness (QED) is 0.421. The van der Waals surface area contributed by atoms with Crippen molar-refractivity contribution in [1.82, 2.24) is 15.0 Å². The van der Waals surface area contributed by atoms with Crippen molar-refractivity contribution >= 4 is 11.0 Å². The normalized spacial score (nSPS) is 10.9. The zero-order valence-electron chi connectivity index (χ0n) is 15.0. The molecule has 5 aromatic rings. The Bertz CT molecular complexity index is 1230. The predicted molar refractivity (Wildman–Crippen MR) is 111 cm³/mol. The average Bonchev–Trinajstić information content (AvgIpc) is 3.20. The molecule has 28 heavy (non-hydrogen) atoms. The molecule has 2 aromatic heterocycles. The van der Waals surface area contributed by atoms with E-state index in [0.717, 1.165) is 44.9 Å². The fraction of sp³-hybridized carbons (Fsp3) is 0. The SMILES string of the molecule is c1ccc(Oc2ccccc2-c2c[nH]c3ncnc(-c4ccccc4)c23)cc1. The number of para-hydroxylation sites is 2. The van der Waals surface area contributed by atoms with Gasteiger partial charge in [-0.05, 0) is 18.2 Å². The number of aromatic nitrogens is 3. The van der Waals surface area contributed by atoms with Crippen molar-refractivity contribution in [3.8, 4) is 33.9 Å². The molecular weight excluding hydrogens is 346 g/mol. The van der Waals surface area contributed by atoms with Gasteiger partial charge in [-0.3, -0.25) is 0 Å². The maximum atomic E-state index is 6.17. The highest BCUT2D eigenvalue weighted by Gasteiger charge is 2.17. The van der Waals surface area contributed by atoms with Gasteiger partial charge in [-0.15, -0.1) is 0 Å². The van der Waals surface area contributed by atoms with Crippen molar-refractivity contribution in [1.29, 1.82) is 0 Å². The largest absolute Gasteiger partial charge is 0.457 e. The van der Waals surface area contributed by atoms with E-state index in [2.05, 4.69) is 33.2 Å². The van der Waals surface area contributed by atoms with Gasteiger partial charge in [0, 0.05) is 22.9 Å². The third-order valence-electron chi connectivity index (χ3n) is 4.67. The van der Waals surface area contributed by atoms with Crippen LogP contribution >= 0.6 is 0 Å². The Labute approximate surface area is 162 Å². The molecule has 0 saturated heterocycles. The van der Waals surface area contributed by atoms with E-state index in [1.807, 2.05) is 72.9 Å². The summed E-state index contributed by atoms with van der Waals surface area (Å²) in [5.74, 6) is 1.59. The van der Waals surface area contributed by atoms with E-state index < -0.39 is 0 Å². The third kappa shape index (κ3) is 2.91. The number of nitrogens with one attached hydrogen (secondary N) is 1. The summed E-state index contributed by atoms with van der Waals surface area (Å²) in [6.45, 7) is 0.